The highest BCUT2D eigenvalue weighted by molar-refractivity contribution is 6.07. The highest BCUT2D eigenvalue weighted by Gasteiger charge is 2.50. The molecule has 1 saturated heterocycles. The van der Waals surface area contributed by atoms with Crippen LogP contribution in [0.15, 0.2) is 54.6 Å². The standard InChI is InChI=1S/C20H22N2O4/c1-3-20(15-7-5-4-6-8-15)18(23)22(19(24)21-20)13-14-26-17-11-9-16(25-2)10-12-17/h4-12H,3,13-14H2,1-2H3,(H,21,24)/t20-/m1/s1. The van der Waals surface area contributed by atoms with Gasteiger partial charge in [0, 0.05) is 0 Å². The Balaban J connectivity index is 1.67. The first kappa shape index (κ1) is 17.8. The van der Waals surface area contributed by atoms with Crippen LogP contribution in [0.1, 0.15) is 18.9 Å². The monoisotopic (exact) mass is 354 g/mol. The number of hydrogen-bond donors (Lipinski definition) is 1. The summed E-state index contributed by atoms with van der Waals surface area (Å²) >= 11 is 0. The van der Waals surface area contributed by atoms with E-state index in [0.29, 0.717) is 12.2 Å². The van der Waals surface area contributed by atoms with Gasteiger partial charge in [-0.3, -0.25) is 9.69 Å². The van der Waals surface area contributed by atoms with Crippen molar-refractivity contribution in [3.05, 3.63) is 60.2 Å². The molecule has 0 spiro atoms. The minimum Gasteiger partial charge on any atom is -0.497 e. The molecular formula is C20H22N2O4. The maximum Gasteiger partial charge on any atom is 0.325 e. The molecule has 6 nitrogen and oxygen atoms in total. The van der Waals surface area contributed by atoms with E-state index in [0.717, 1.165) is 11.3 Å². The largest absolute Gasteiger partial charge is 0.497 e. The highest BCUT2D eigenvalue weighted by atomic mass is 16.5. The molecule has 1 atom stereocenters. The molecule has 136 valence electrons. The van der Waals surface area contributed by atoms with Gasteiger partial charge >= 0.3 is 6.03 Å². The van der Waals surface area contributed by atoms with Gasteiger partial charge in [0.25, 0.3) is 5.91 Å². The lowest BCUT2D eigenvalue weighted by atomic mass is 9.87. The van der Waals surface area contributed by atoms with Crippen LogP contribution in [0.2, 0.25) is 0 Å². The Labute approximate surface area is 152 Å². The molecular weight excluding hydrogens is 332 g/mol. The van der Waals surface area contributed by atoms with E-state index < -0.39 is 5.54 Å². The summed E-state index contributed by atoms with van der Waals surface area (Å²) in [6.45, 7) is 2.30. The first-order valence-electron chi connectivity index (χ1n) is 8.57. The number of hydrogen-bond acceptors (Lipinski definition) is 4. The molecule has 6 heteroatoms. The predicted octanol–water partition coefficient (Wildman–Crippen LogP) is 2.93. The van der Waals surface area contributed by atoms with Gasteiger partial charge in [-0.25, -0.2) is 4.79 Å². The summed E-state index contributed by atoms with van der Waals surface area (Å²) < 4.78 is 10.7. The molecule has 1 aliphatic rings. The summed E-state index contributed by atoms with van der Waals surface area (Å²) in [5.41, 5.74) is -0.210. The van der Waals surface area contributed by atoms with Gasteiger partial charge in [-0.15, -0.1) is 0 Å². The molecule has 0 saturated carbocycles. The van der Waals surface area contributed by atoms with E-state index in [1.807, 2.05) is 37.3 Å². The van der Waals surface area contributed by atoms with Crippen molar-refractivity contribution >= 4 is 11.9 Å². The number of methoxy groups -OCH3 is 1. The third-order valence-corrected chi connectivity index (χ3v) is 4.62. The number of urea groups is 1. The summed E-state index contributed by atoms with van der Waals surface area (Å²) in [5, 5.41) is 2.86. The minimum absolute atomic E-state index is 0.186. The Bertz CT molecular complexity index is 776. The molecule has 0 aliphatic carbocycles. The van der Waals surface area contributed by atoms with E-state index in [2.05, 4.69) is 5.32 Å². The van der Waals surface area contributed by atoms with E-state index >= 15 is 0 Å². The number of imide groups is 1. The van der Waals surface area contributed by atoms with Gasteiger partial charge in [-0.05, 0) is 36.2 Å². The van der Waals surface area contributed by atoms with E-state index in [4.69, 9.17) is 9.47 Å². The minimum atomic E-state index is -1.00. The molecule has 0 unspecified atom stereocenters. The number of nitrogens with one attached hydrogen (secondary N) is 1. The first-order chi connectivity index (χ1) is 12.6. The lowest BCUT2D eigenvalue weighted by molar-refractivity contribution is -0.132. The fourth-order valence-corrected chi connectivity index (χ4v) is 3.12. The van der Waals surface area contributed by atoms with Crippen LogP contribution in [-0.4, -0.2) is 37.1 Å². The number of rotatable bonds is 7. The molecule has 0 bridgehead atoms. The quantitative estimate of drug-likeness (QED) is 0.777. The van der Waals surface area contributed by atoms with Crippen LogP contribution in [-0.2, 0) is 10.3 Å². The molecule has 3 amide bonds. The average Bonchev–Trinajstić information content (AvgIpc) is 2.94. The molecule has 26 heavy (non-hydrogen) atoms. The van der Waals surface area contributed by atoms with E-state index in [-0.39, 0.29) is 25.1 Å². The van der Waals surface area contributed by atoms with E-state index in [9.17, 15) is 9.59 Å². The molecule has 0 aromatic heterocycles. The van der Waals surface area contributed by atoms with Gasteiger partial charge in [0.15, 0.2) is 0 Å². The fourth-order valence-electron chi connectivity index (χ4n) is 3.12. The average molecular weight is 354 g/mol. The third-order valence-electron chi connectivity index (χ3n) is 4.62. The zero-order valence-corrected chi connectivity index (χ0v) is 14.9. The number of carbonyl (C=O) groups is 2. The Hall–Kier alpha value is -3.02. The van der Waals surface area contributed by atoms with Crippen LogP contribution in [0.3, 0.4) is 0 Å². The van der Waals surface area contributed by atoms with Crippen molar-refractivity contribution in [3.8, 4) is 11.5 Å². The second-order valence-electron chi connectivity index (χ2n) is 6.04. The van der Waals surface area contributed by atoms with Crippen LogP contribution in [0.25, 0.3) is 0 Å². The number of ether oxygens (including phenoxy) is 2. The smallest absolute Gasteiger partial charge is 0.325 e. The van der Waals surface area contributed by atoms with Crippen molar-refractivity contribution < 1.29 is 19.1 Å². The molecule has 1 aliphatic heterocycles. The Morgan fingerprint density at radius 2 is 1.65 bits per heavy atom. The Morgan fingerprint density at radius 3 is 2.27 bits per heavy atom. The van der Waals surface area contributed by atoms with E-state index in [1.165, 1.54) is 4.90 Å². The summed E-state index contributed by atoms with van der Waals surface area (Å²) in [7, 11) is 1.60. The predicted molar refractivity (Wildman–Crippen MR) is 97.1 cm³/mol. The third kappa shape index (κ3) is 3.22. The maximum atomic E-state index is 13.0. The molecule has 3 rings (SSSR count). The van der Waals surface area contributed by atoms with Crippen molar-refractivity contribution in [2.24, 2.45) is 0 Å². The summed E-state index contributed by atoms with van der Waals surface area (Å²) in [4.78, 5) is 26.6. The van der Waals surface area contributed by atoms with Crippen molar-refractivity contribution in [2.75, 3.05) is 20.3 Å². The Kier molecular flexibility index (Phi) is 5.11. The second kappa shape index (κ2) is 7.47. The summed E-state index contributed by atoms with van der Waals surface area (Å²) in [6, 6.07) is 16.1. The van der Waals surface area contributed by atoms with Gasteiger partial charge in [-0.1, -0.05) is 37.3 Å². The number of carbonyl (C=O) groups excluding carboxylic acids is 2. The molecule has 2 aromatic carbocycles. The zero-order valence-electron chi connectivity index (χ0n) is 14.9. The van der Waals surface area contributed by atoms with Gasteiger partial charge in [0.1, 0.15) is 23.6 Å². The van der Waals surface area contributed by atoms with Crippen LogP contribution < -0.4 is 14.8 Å². The highest BCUT2D eigenvalue weighted by Crippen LogP contribution is 2.32. The van der Waals surface area contributed by atoms with Gasteiger partial charge < -0.3 is 14.8 Å². The summed E-state index contributed by atoms with van der Waals surface area (Å²) in [6.07, 6.45) is 0.484. The lowest BCUT2D eigenvalue weighted by Crippen LogP contribution is -2.43. The van der Waals surface area contributed by atoms with Crippen LogP contribution in [0, 0.1) is 0 Å². The van der Waals surface area contributed by atoms with Gasteiger partial charge in [-0.2, -0.15) is 0 Å². The number of benzene rings is 2. The van der Waals surface area contributed by atoms with Crippen LogP contribution >= 0.6 is 0 Å². The lowest BCUT2D eigenvalue weighted by Gasteiger charge is -2.25. The van der Waals surface area contributed by atoms with Crippen LogP contribution in [0.5, 0.6) is 11.5 Å². The molecule has 1 heterocycles. The van der Waals surface area contributed by atoms with Crippen LogP contribution in [0.4, 0.5) is 4.79 Å². The maximum absolute atomic E-state index is 13.0. The van der Waals surface area contributed by atoms with Crippen molar-refractivity contribution in [3.63, 3.8) is 0 Å². The summed E-state index contributed by atoms with van der Waals surface area (Å²) in [5.74, 6) is 1.15. The number of amides is 3. The van der Waals surface area contributed by atoms with Gasteiger partial charge in [0.2, 0.25) is 0 Å². The molecule has 1 N–H and O–H groups in total. The van der Waals surface area contributed by atoms with Crippen molar-refractivity contribution in [1.29, 1.82) is 0 Å². The van der Waals surface area contributed by atoms with Crippen molar-refractivity contribution in [2.45, 2.75) is 18.9 Å². The Morgan fingerprint density at radius 1 is 1.00 bits per heavy atom. The zero-order chi connectivity index (χ0) is 18.6. The SMILES string of the molecule is CC[C@]1(c2ccccc2)NC(=O)N(CCOc2ccc(OC)cc2)C1=O. The van der Waals surface area contributed by atoms with Crippen molar-refractivity contribution in [1.82, 2.24) is 10.2 Å². The molecule has 1 fully saturated rings. The molecule has 0 radical (unpaired) electrons. The second-order valence-corrected chi connectivity index (χ2v) is 6.04. The molecule has 2 aromatic rings. The topological polar surface area (TPSA) is 67.9 Å². The number of nitrogens with zero attached hydrogens (tertiary/aromatic N) is 1. The van der Waals surface area contributed by atoms with E-state index in [1.54, 1.807) is 31.4 Å². The van der Waals surface area contributed by atoms with Gasteiger partial charge in [0.05, 0.1) is 13.7 Å². The normalized spacial score (nSPS) is 19.4. The fraction of sp³-hybridized carbons (Fsp3) is 0.300. The first-order valence-corrected chi connectivity index (χ1v) is 8.57.